The number of rotatable bonds is 4. The van der Waals surface area contributed by atoms with Crippen molar-refractivity contribution in [2.45, 2.75) is 31.8 Å². The molecule has 1 aromatic rings. The highest BCUT2D eigenvalue weighted by molar-refractivity contribution is 5.82. The summed E-state index contributed by atoms with van der Waals surface area (Å²) >= 11 is 0. The van der Waals surface area contributed by atoms with E-state index in [4.69, 9.17) is 5.11 Å². The van der Waals surface area contributed by atoms with Crippen LogP contribution in [-0.2, 0) is 11.3 Å². The quantitative estimate of drug-likeness (QED) is 0.832. The summed E-state index contributed by atoms with van der Waals surface area (Å²) in [5.74, 6) is -0.926. The molecular weight excluding hydrogens is 248 g/mol. The minimum Gasteiger partial charge on any atom is -0.480 e. The molecule has 1 aliphatic rings. The van der Waals surface area contributed by atoms with E-state index in [-0.39, 0.29) is 6.03 Å². The molecule has 7 nitrogen and oxygen atoms in total. The smallest absolute Gasteiger partial charge is 0.326 e. The first kappa shape index (κ1) is 13.4. The number of carboxylic acids is 1. The molecule has 104 valence electrons. The number of carboxylic acid groups (broad SMARTS) is 1. The van der Waals surface area contributed by atoms with Crippen LogP contribution in [0, 0.1) is 0 Å². The van der Waals surface area contributed by atoms with Gasteiger partial charge in [-0.1, -0.05) is 0 Å². The van der Waals surface area contributed by atoms with Crippen molar-refractivity contribution < 1.29 is 14.7 Å². The Bertz CT molecular complexity index is 432. The monoisotopic (exact) mass is 266 g/mol. The van der Waals surface area contributed by atoms with Crippen molar-refractivity contribution in [3.8, 4) is 0 Å². The molecule has 1 aliphatic heterocycles. The van der Waals surface area contributed by atoms with Crippen LogP contribution in [0.2, 0.25) is 0 Å². The standard InChI is InChI=1S/C12H18N4O3/c17-11(18)10-3-1-2-6-16(10)12(19)14-5-8-15-7-4-13-9-15/h4,7,9-10H,1-3,5-6,8H2,(H,14,19)(H,17,18). The van der Waals surface area contributed by atoms with Crippen molar-refractivity contribution >= 4 is 12.0 Å². The Morgan fingerprint density at radius 2 is 2.26 bits per heavy atom. The van der Waals surface area contributed by atoms with Gasteiger partial charge in [-0.3, -0.25) is 0 Å². The van der Waals surface area contributed by atoms with E-state index in [1.165, 1.54) is 4.90 Å². The molecule has 0 radical (unpaired) electrons. The van der Waals surface area contributed by atoms with Crippen molar-refractivity contribution in [3.63, 3.8) is 0 Å². The van der Waals surface area contributed by atoms with Gasteiger partial charge in [0.05, 0.1) is 6.33 Å². The SMILES string of the molecule is O=C(O)C1CCCCN1C(=O)NCCn1ccnc1. The van der Waals surface area contributed by atoms with Gasteiger partial charge in [-0.15, -0.1) is 0 Å². The second kappa shape index (κ2) is 6.21. The number of nitrogens with zero attached hydrogens (tertiary/aromatic N) is 3. The van der Waals surface area contributed by atoms with Crippen LogP contribution in [0.4, 0.5) is 4.79 Å². The lowest BCUT2D eigenvalue weighted by Crippen LogP contribution is -2.52. The van der Waals surface area contributed by atoms with Crippen LogP contribution >= 0.6 is 0 Å². The highest BCUT2D eigenvalue weighted by atomic mass is 16.4. The van der Waals surface area contributed by atoms with Gasteiger partial charge in [0.25, 0.3) is 0 Å². The van der Waals surface area contributed by atoms with Gasteiger partial charge in [0, 0.05) is 32.0 Å². The summed E-state index contributed by atoms with van der Waals surface area (Å²) in [6.07, 6.45) is 7.41. The number of likely N-dealkylation sites (tertiary alicyclic amines) is 1. The van der Waals surface area contributed by atoms with Crippen molar-refractivity contribution in [2.24, 2.45) is 0 Å². The van der Waals surface area contributed by atoms with Gasteiger partial charge in [0.15, 0.2) is 0 Å². The lowest BCUT2D eigenvalue weighted by molar-refractivity contribution is -0.143. The number of aromatic nitrogens is 2. The number of imidazole rings is 1. The van der Waals surface area contributed by atoms with E-state index in [0.717, 1.165) is 12.8 Å². The number of carbonyl (C=O) groups excluding carboxylic acids is 1. The summed E-state index contributed by atoms with van der Waals surface area (Å²) in [5, 5.41) is 11.8. The summed E-state index contributed by atoms with van der Waals surface area (Å²) in [4.78, 5) is 28.4. The summed E-state index contributed by atoms with van der Waals surface area (Å²) in [7, 11) is 0. The molecule has 2 N–H and O–H groups in total. The molecule has 2 rings (SSSR count). The molecule has 19 heavy (non-hydrogen) atoms. The van der Waals surface area contributed by atoms with Crippen LogP contribution < -0.4 is 5.32 Å². The number of carbonyl (C=O) groups is 2. The Balaban J connectivity index is 1.82. The van der Waals surface area contributed by atoms with E-state index in [9.17, 15) is 9.59 Å². The first-order chi connectivity index (χ1) is 9.18. The van der Waals surface area contributed by atoms with Gasteiger partial charge in [-0.2, -0.15) is 0 Å². The number of amides is 2. The van der Waals surface area contributed by atoms with Gasteiger partial charge < -0.3 is 19.9 Å². The van der Waals surface area contributed by atoms with Gasteiger partial charge >= 0.3 is 12.0 Å². The molecule has 2 heterocycles. The number of aliphatic carboxylic acids is 1. The third kappa shape index (κ3) is 3.46. The van der Waals surface area contributed by atoms with Crippen LogP contribution in [-0.4, -0.2) is 50.7 Å². The molecule has 1 fully saturated rings. The molecule has 1 saturated heterocycles. The molecule has 0 saturated carbocycles. The van der Waals surface area contributed by atoms with Crippen LogP contribution in [0.5, 0.6) is 0 Å². The maximum absolute atomic E-state index is 12.0. The summed E-state index contributed by atoms with van der Waals surface area (Å²) in [6, 6.07) is -0.991. The Morgan fingerprint density at radius 1 is 1.42 bits per heavy atom. The van der Waals surface area contributed by atoms with Gasteiger partial charge in [-0.25, -0.2) is 14.6 Å². The first-order valence-electron chi connectivity index (χ1n) is 6.41. The zero-order valence-corrected chi connectivity index (χ0v) is 10.7. The van der Waals surface area contributed by atoms with Gasteiger partial charge in [-0.05, 0) is 19.3 Å². The predicted molar refractivity (Wildman–Crippen MR) is 67.6 cm³/mol. The van der Waals surface area contributed by atoms with E-state index in [1.807, 2.05) is 10.8 Å². The van der Waals surface area contributed by atoms with E-state index in [2.05, 4.69) is 10.3 Å². The molecule has 1 atom stereocenters. The van der Waals surface area contributed by atoms with Crippen LogP contribution in [0.25, 0.3) is 0 Å². The molecule has 2 amide bonds. The van der Waals surface area contributed by atoms with Gasteiger partial charge in [0.2, 0.25) is 0 Å². The largest absolute Gasteiger partial charge is 0.480 e. The Kier molecular flexibility index (Phi) is 4.38. The Hall–Kier alpha value is -2.05. The van der Waals surface area contributed by atoms with Gasteiger partial charge in [0.1, 0.15) is 6.04 Å². The van der Waals surface area contributed by atoms with Crippen molar-refractivity contribution in [3.05, 3.63) is 18.7 Å². The van der Waals surface area contributed by atoms with Crippen LogP contribution in [0.3, 0.4) is 0 Å². The fraction of sp³-hybridized carbons (Fsp3) is 0.583. The molecule has 1 unspecified atom stereocenters. The molecule has 0 aliphatic carbocycles. The first-order valence-corrected chi connectivity index (χ1v) is 6.41. The number of hydrogen-bond donors (Lipinski definition) is 2. The second-order valence-corrected chi connectivity index (χ2v) is 4.58. The third-order valence-electron chi connectivity index (χ3n) is 3.25. The topological polar surface area (TPSA) is 87.5 Å². The van der Waals surface area contributed by atoms with Crippen molar-refractivity contribution in [1.82, 2.24) is 19.8 Å². The summed E-state index contributed by atoms with van der Waals surface area (Å²) < 4.78 is 1.85. The molecule has 0 aromatic carbocycles. The fourth-order valence-corrected chi connectivity index (χ4v) is 2.24. The number of piperidine rings is 1. The normalized spacial score (nSPS) is 19.2. The summed E-state index contributed by atoms with van der Waals surface area (Å²) in [5.41, 5.74) is 0. The minimum atomic E-state index is -0.926. The molecule has 7 heteroatoms. The number of nitrogens with one attached hydrogen (secondary N) is 1. The van der Waals surface area contributed by atoms with Crippen molar-refractivity contribution in [2.75, 3.05) is 13.1 Å². The average Bonchev–Trinajstić information content (AvgIpc) is 2.91. The average molecular weight is 266 g/mol. The number of hydrogen-bond acceptors (Lipinski definition) is 3. The lowest BCUT2D eigenvalue weighted by Gasteiger charge is -2.32. The van der Waals surface area contributed by atoms with E-state index >= 15 is 0 Å². The van der Waals surface area contributed by atoms with Crippen LogP contribution in [0.1, 0.15) is 19.3 Å². The highest BCUT2D eigenvalue weighted by Gasteiger charge is 2.31. The summed E-state index contributed by atoms with van der Waals surface area (Å²) in [6.45, 7) is 1.59. The highest BCUT2D eigenvalue weighted by Crippen LogP contribution is 2.17. The fourth-order valence-electron chi connectivity index (χ4n) is 2.24. The Morgan fingerprint density at radius 3 is 2.95 bits per heavy atom. The predicted octanol–water partition coefficient (Wildman–Crippen LogP) is 0.532. The van der Waals surface area contributed by atoms with E-state index in [0.29, 0.717) is 26.1 Å². The zero-order valence-electron chi connectivity index (χ0n) is 10.7. The minimum absolute atomic E-state index is 0.299. The maximum Gasteiger partial charge on any atom is 0.326 e. The van der Waals surface area contributed by atoms with Crippen molar-refractivity contribution in [1.29, 1.82) is 0 Å². The molecule has 0 bridgehead atoms. The number of urea groups is 1. The third-order valence-corrected chi connectivity index (χ3v) is 3.25. The Labute approximate surface area is 111 Å². The maximum atomic E-state index is 12.0. The van der Waals surface area contributed by atoms with E-state index in [1.54, 1.807) is 12.5 Å². The van der Waals surface area contributed by atoms with Crippen LogP contribution in [0.15, 0.2) is 18.7 Å². The van der Waals surface area contributed by atoms with E-state index < -0.39 is 12.0 Å². The zero-order chi connectivity index (χ0) is 13.7. The molecular formula is C12H18N4O3. The molecule has 1 aromatic heterocycles. The lowest BCUT2D eigenvalue weighted by atomic mass is 10.0. The molecule has 0 spiro atoms. The second-order valence-electron chi connectivity index (χ2n) is 4.58.